The Morgan fingerprint density at radius 3 is 2.25 bits per heavy atom. The van der Waals surface area contributed by atoms with Gasteiger partial charge in [0.15, 0.2) is 0 Å². The minimum Gasteiger partial charge on any atom is -0.429 e. The van der Waals surface area contributed by atoms with Gasteiger partial charge < -0.3 is 5.21 Å². The lowest BCUT2D eigenvalue weighted by atomic mass is 10.1. The second-order valence-corrected chi connectivity index (χ2v) is 2.65. The molecule has 2 aromatic rings. The van der Waals surface area contributed by atoms with Gasteiger partial charge in [0.05, 0.1) is 6.20 Å². The molecule has 1 heterocycles. The molecule has 1 aromatic carbocycles. The first-order valence-electron chi connectivity index (χ1n) is 3.79. The molecule has 0 atom stereocenters. The highest BCUT2D eigenvalue weighted by Gasteiger charge is 1.96. The van der Waals surface area contributed by atoms with E-state index in [0.717, 1.165) is 15.9 Å². The average Bonchev–Trinajstić information content (AvgIpc) is 2.54. The van der Waals surface area contributed by atoms with E-state index < -0.39 is 0 Å². The van der Waals surface area contributed by atoms with Gasteiger partial charge in [-0.1, -0.05) is 30.3 Å². The number of rotatable bonds is 1. The summed E-state index contributed by atoms with van der Waals surface area (Å²) in [6, 6.07) is 11.8. The molecular weight excluding hydrogens is 150 g/mol. The van der Waals surface area contributed by atoms with Crippen LogP contribution in [0.25, 0.3) is 11.1 Å². The third-order valence-electron chi connectivity index (χ3n) is 1.79. The monoisotopic (exact) mass is 159 g/mol. The van der Waals surface area contributed by atoms with Crippen molar-refractivity contribution in [2.45, 2.75) is 0 Å². The molecule has 2 nitrogen and oxygen atoms in total. The fourth-order valence-corrected chi connectivity index (χ4v) is 1.19. The van der Waals surface area contributed by atoms with Crippen LogP contribution in [0.2, 0.25) is 0 Å². The predicted octanol–water partition coefficient (Wildman–Crippen LogP) is 2.39. The molecule has 1 aromatic heterocycles. The highest BCUT2D eigenvalue weighted by atomic mass is 16.5. The summed E-state index contributed by atoms with van der Waals surface area (Å²) in [4.78, 5) is 0. The van der Waals surface area contributed by atoms with Crippen molar-refractivity contribution in [1.82, 2.24) is 4.73 Å². The molecule has 12 heavy (non-hydrogen) atoms. The van der Waals surface area contributed by atoms with Gasteiger partial charge in [0.25, 0.3) is 0 Å². The summed E-state index contributed by atoms with van der Waals surface area (Å²) >= 11 is 0. The molecule has 0 aliphatic carbocycles. The number of hydrogen-bond donors (Lipinski definition) is 1. The number of benzene rings is 1. The highest BCUT2D eigenvalue weighted by Crippen LogP contribution is 2.17. The van der Waals surface area contributed by atoms with E-state index in [9.17, 15) is 0 Å². The van der Waals surface area contributed by atoms with E-state index in [4.69, 9.17) is 5.21 Å². The summed E-state index contributed by atoms with van der Waals surface area (Å²) in [5.74, 6) is 0. The fourth-order valence-electron chi connectivity index (χ4n) is 1.19. The van der Waals surface area contributed by atoms with Crippen molar-refractivity contribution >= 4 is 0 Å². The zero-order chi connectivity index (χ0) is 8.39. The molecule has 0 saturated carbocycles. The molecule has 0 fully saturated rings. The molecule has 2 heteroatoms. The van der Waals surface area contributed by atoms with Gasteiger partial charge in [-0.3, -0.25) is 0 Å². The Hall–Kier alpha value is -1.70. The molecule has 0 spiro atoms. The molecule has 1 N–H and O–H groups in total. The number of hydrogen-bond acceptors (Lipinski definition) is 1. The van der Waals surface area contributed by atoms with Crippen LogP contribution in [0.15, 0.2) is 48.8 Å². The minimum atomic E-state index is 1.03. The van der Waals surface area contributed by atoms with Crippen LogP contribution < -0.4 is 0 Å². The van der Waals surface area contributed by atoms with Gasteiger partial charge in [-0.25, -0.2) is 4.73 Å². The van der Waals surface area contributed by atoms with Gasteiger partial charge in [-0.15, -0.1) is 0 Å². The van der Waals surface area contributed by atoms with E-state index in [0.29, 0.717) is 0 Å². The van der Waals surface area contributed by atoms with Crippen molar-refractivity contribution in [3.8, 4) is 11.1 Å². The maximum atomic E-state index is 9.03. The van der Waals surface area contributed by atoms with Gasteiger partial charge in [-0.2, -0.15) is 0 Å². The summed E-state index contributed by atoms with van der Waals surface area (Å²) in [7, 11) is 0. The second kappa shape index (κ2) is 2.74. The van der Waals surface area contributed by atoms with Crippen molar-refractivity contribution in [2.75, 3.05) is 0 Å². The van der Waals surface area contributed by atoms with E-state index in [1.807, 2.05) is 36.4 Å². The van der Waals surface area contributed by atoms with Crippen LogP contribution in [0, 0.1) is 0 Å². The highest BCUT2D eigenvalue weighted by molar-refractivity contribution is 5.62. The number of nitrogens with zero attached hydrogens (tertiary/aromatic N) is 1. The molecule has 0 unspecified atom stereocenters. The van der Waals surface area contributed by atoms with Crippen LogP contribution in [0.4, 0.5) is 0 Å². The van der Waals surface area contributed by atoms with Gasteiger partial charge in [0.2, 0.25) is 0 Å². The van der Waals surface area contributed by atoms with Gasteiger partial charge in [0.1, 0.15) is 0 Å². The summed E-state index contributed by atoms with van der Waals surface area (Å²) in [6.45, 7) is 0. The van der Waals surface area contributed by atoms with Gasteiger partial charge in [-0.05, 0) is 11.6 Å². The van der Waals surface area contributed by atoms with E-state index in [-0.39, 0.29) is 0 Å². The van der Waals surface area contributed by atoms with Gasteiger partial charge in [0, 0.05) is 11.8 Å². The largest absolute Gasteiger partial charge is 0.429 e. The van der Waals surface area contributed by atoms with Crippen molar-refractivity contribution in [3.63, 3.8) is 0 Å². The lowest BCUT2D eigenvalue weighted by Gasteiger charge is -1.94. The molecular formula is C10H9NO. The zero-order valence-corrected chi connectivity index (χ0v) is 6.51. The Labute approximate surface area is 70.7 Å². The fraction of sp³-hybridized carbons (Fsp3) is 0. The van der Waals surface area contributed by atoms with E-state index in [1.54, 1.807) is 12.4 Å². The Morgan fingerprint density at radius 1 is 0.917 bits per heavy atom. The lowest BCUT2D eigenvalue weighted by Crippen LogP contribution is -1.80. The van der Waals surface area contributed by atoms with Crippen LogP contribution >= 0.6 is 0 Å². The third-order valence-corrected chi connectivity index (χ3v) is 1.79. The van der Waals surface area contributed by atoms with Crippen LogP contribution in [0.5, 0.6) is 0 Å². The summed E-state index contributed by atoms with van der Waals surface area (Å²) in [5, 5.41) is 9.03. The summed E-state index contributed by atoms with van der Waals surface area (Å²) in [5.41, 5.74) is 2.14. The maximum absolute atomic E-state index is 9.03. The SMILES string of the molecule is On1ccc(-c2ccccc2)c1. The van der Waals surface area contributed by atoms with Crippen molar-refractivity contribution in [1.29, 1.82) is 0 Å². The molecule has 0 aliphatic rings. The summed E-state index contributed by atoms with van der Waals surface area (Å²) in [6.07, 6.45) is 3.29. The van der Waals surface area contributed by atoms with Crippen LogP contribution in [-0.2, 0) is 0 Å². The van der Waals surface area contributed by atoms with Gasteiger partial charge >= 0.3 is 0 Å². The number of aromatic nitrogens is 1. The van der Waals surface area contributed by atoms with Crippen LogP contribution in [0.3, 0.4) is 0 Å². The molecule has 0 radical (unpaired) electrons. The van der Waals surface area contributed by atoms with E-state index in [1.165, 1.54) is 0 Å². The first kappa shape index (κ1) is 6.98. The Bertz CT molecular complexity index is 364. The molecule has 0 bridgehead atoms. The molecule has 0 aliphatic heterocycles. The topological polar surface area (TPSA) is 25.2 Å². The smallest absolute Gasteiger partial charge is 0.0510 e. The Morgan fingerprint density at radius 2 is 1.67 bits per heavy atom. The van der Waals surface area contributed by atoms with Crippen molar-refractivity contribution in [2.24, 2.45) is 0 Å². The predicted molar refractivity (Wildman–Crippen MR) is 47.1 cm³/mol. The van der Waals surface area contributed by atoms with E-state index in [2.05, 4.69) is 0 Å². The first-order chi connectivity index (χ1) is 5.86. The standard InChI is InChI=1S/C10H9NO/c12-11-7-6-10(8-11)9-4-2-1-3-5-9/h1-8,12H. The minimum absolute atomic E-state index is 1.03. The quantitative estimate of drug-likeness (QED) is 0.635. The molecule has 2 rings (SSSR count). The Balaban J connectivity index is 2.45. The van der Waals surface area contributed by atoms with Crippen LogP contribution in [-0.4, -0.2) is 9.94 Å². The van der Waals surface area contributed by atoms with E-state index >= 15 is 0 Å². The van der Waals surface area contributed by atoms with Crippen LogP contribution in [0.1, 0.15) is 0 Å². The Kier molecular flexibility index (Phi) is 1.59. The molecule has 60 valence electrons. The normalized spacial score (nSPS) is 10.0. The van der Waals surface area contributed by atoms with Crippen molar-refractivity contribution in [3.05, 3.63) is 48.8 Å². The molecule has 0 amide bonds. The zero-order valence-electron chi connectivity index (χ0n) is 6.51. The third kappa shape index (κ3) is 1.19. The summed E-state index contributed by atoms with van der Waals surface area (Å²) < 4.78 is 1.06. The second-order valence-electron chi connectivity index (χ2n) is 2.65. The molecule has 0 saturated heterocycles. The van der Waals surface area contributed by atoms with Crippen molar-refractivity contribution < 1.29 is 5.21 Å². The lowest BCUT2D eigenvalue weighted by molar-refractivity contribution is 0.188. The maximum Gasteiger partial charge on any atom is 0.0510 e. The average molecular weight is 159 g/mol. The first-order valence-corrected chi connectivity index (χ1v) is 3.79.